The van der Waals surface area contributed by atoms with Gasteiger partial charge >= 0.3 is 35.9 Å². The van der Waals surface area contributed by atoms with Crippen LogP contribution in [-0.4, -0.2) is 49.1 Å². The van der Waals surface area contributed by atoms with Crippen molar-refractivity contribution in [1.29, 1.82) is 0 Å². The Morgan fingerprint density at radius 1 is 0.587 bits per heavy atom. The fraction of sp³-hybridized carbons (Fsp3) is 0.375. The zero-order valence-corrected chi connectivity index (χ0v) is 24.3. The summed E-state index contributed by atoms with van der Waals surface area (Å²) in [5.74, 6) is -21.9. The molecule has 0 aliphatic rings. The molecule has 3 rings (SSSR count). The molecule has 14 heteroatoms. The van der Waals surface area contributed by atoms with Gasteiger partial charge in [0.2, 0.25) is 0 Å². The Balaban J connectivity index is 1.53. The molecule has 0 spiro atoms. The van der Waals surface area contributed by atoms with Crippen LogP contribution in [0.15, 0.2) is 72.8 Å². The third-order valence-electron chi connectivity index (χ3n) is 6.72. The third-order valence-corrected chi connectivity index (χ3v) is 6.72. The van der Waals surface area contributed by atoms with Gasteiger partial charge in [0.25, 0.3) is 0 Å². The van der Waals surface area contributed by atoms with Crippen molar-refractivity contribution in [3.8, 4) is 22.6 Å². The monoisotopic (exact) mass is 664 g/mol. The van der Waals surface area contributed by atoms with E-state index in [2.05, 4.69) is 11.7 Å². The number of carbonyl (C=O) groups is 2. The largest absolute Gasteiger partial charge is 0.494 e. The molecule has 0 saturated heterocycles. The normalized spacial score (nSPS) is 12.5. The van der Waals surface area contributed by atoms with Gasteiger partial charge in [0.15, 0.2) is 6.61 Å². The molecule has 0 heterocycles. The number of alkyl halides is 9. The topological polar surface area (TPSA) is 61.8 Å². The van der Waals surface area contributed by atoms with E-state index in [9.17, 15) is 49.1 Å². The first kappa shape index (κ1) is 36.2. The van der Waals surface area contributed by atoms with Gasteiger partial charge in [0, 0.05) is 0 Å². The molecule has 0 saturated carbocycles. The average Bonchev–Trinajstić information content (AvgIpc) is 3.01. The number of halogens is 9. The van der Waals surface area contributed by atoms with E-state index in [-0.39, 0.29) is 11.3 Å². The summed E-state index contributed by atoms with van der Waals surface area (Å²) in [5.41, 5.74) is 0.972. The molecule has 3 aromatic carbocycles. The standard InChI is InChI=1S/C32H29F9O5/c1-2-3-4-5-6-19-44-25-15-11-21(12-16-25)22-13-17-26(18-14-22)46-28(43)24-9-7-23(8-10-24)27(42)45-20-29(33,34)30(35,36)31(37,38)32(39,40)41/h7-18H,2-6,19-20H2,1H3. The Kier molecular flexibility index (Phi) is 11.7. The zero-order chi connectivity index (χ0) is 34.2. The molecule has 0 unspecified atom stereocenters. The van der Waals surface area contributed by atoms with Crippen molar-refractivity contribution in [3.05, 3.63) is 83.9 Å². The van der Waals surface area contributed by atoms with E-state index >= 15 is 0 Å². The predicted octanol–water partition coefficient (Wildman–Crippen LogP) is 9.55. The summed E-state index contributed by atoms with van der Waals surface area (Å²) in [6.07, 6.45) is -1.34. The molecule has 0 amide bonds. The Labute approximate surface area is 258 Å². The van der Waals surface area contributed by atoms with Crippen LogP contribution >= 0.6 is 0 Å². The van der Waals surface area contributed by atoms with Gasteiger partial charge in [-0.1, -0.05) is 56.9 Å². The molecule has 0 aliphatic carbocycles. The van der Waals surface area contributed by atoms with Crippen LogP contribution in [0.5, 0.6) is 11.5 Å². The Morgan fingerprint density at radius 2 is 1.07 bits per heavy atom. The third kappa shape index (κ3) is 8.73. The molecule has 5 nitrogen and oxygen atoms in total. The number of unbranched alkanes of at least 4 members (excludes halogenated alkanes) is 4. The van der Waals surface area contributed by atoms with Crippen LogP contribution in [0, 0.1) is 0 Å². The first-order chi connectivity index (χ1) is 21.5. The van der Waals surface area contributed by atoms with Gasteiger partial charge < -0.3 is 14.2 Å². The summed E-state index contributed by atoms with van der Waals surface area (Å²) in [6, 6.07) is 17.6. The fourth-order valence-electron chi connectivity index (χ4n) is 4.00. The van der Waals surface area contributed by atoms with E-state index in [1.54, 1.807) is 12.1 Å². The number of hydrogen-bond donors (Lipinski definition) is 0. The first-order valence-corrected chi connectivity index (χ1v) is 14.0. The highest BCUT2D eigenvalue weighted by Crippen LogP contribution is 2.53. The first-order valence-electron chi connectivity index (χ1n) is 14.0. The van der Waals surface area contributed by atoms with Crippen LogP contribution in [0.4, 0.5) is 39.5 Å². The number of carbonyl (C=O) groups excluding carboxylic acids is 2. The lowest BCUT2D eigenvalue weighted by atomic mass is 10.0. The molecule has 0 aromatic heterocycles. The molecule has 0 aliphatic heterocycles. The average molecular weight is 665 g/mol. The lowest BCUT2D eigenvalue weighted by Gasteiger charge is -2.33. The van der Waals surface area contributed by atoms with Crippen LogP contribution in [0.2, 0.25) is 0 Å². The molecule has 0 N–H and O–H groups in total. The van der Waals surface area contributed by atoms with Gasteiger partial charge in [-0.2, -0.15) is 39.5 Å². The smallest absolute Gasteiger partial charge is 0.460 e. The maximum Gasteiger partial charge on any atom is 0.460 e. The van der Waals surface area contributed by atoms with Gasteiger partial charge in [-0.3, -0.25) is 0 Å². The van der Waals surface area contributed by atoms with Crippen molar-refractivity contribution in [3.63, 3.8) is 0 Å². The highest BCUT2D eigenvalue weighted by molar-refractivity contribution is 5.94. The highest BCUT2D eigenvalue weighted by atomic mass is 19.4. The maximum atomic E-state index is 13.6. The predicted molar refractivity (Wildman–Crippen MR) is 149 cm³/mol. The maximum absolute atomic E-state index is 13.6. The molecular weight excluding hydrogens is 635 g/mol. The van der Waals surface area contributed by atoms with Crippen LogP contribution in [0.1, 0.15) is 59.7 Å². The summed E-state index contributed by atoms with van der Waals surface area (Å²) in [7, 11) is 0. The van der Waals surface area contributed by atoms with Crippen molar-refractivity contribution >= 4 is 11.9 Å². The van der Waals surface area contributed by atoms with Gasteiger partial charge in [0.05, 0.1) is 17.7 Å². The molecule has 46 heavy (non-hydrogen) atoms. The van der Waals surface area contributed by atoms with E-state index in [1.165, 1.54) is 31.4 Å². The molecule has 0 fully saturated rings. The second-order valence-electron chi connectivity index (χ2n) is 10.2. The van der Waals surface area contributed by atoms with Gasteiger partial charge in [-0.25, -0.2) is 9.59 Å². The number of esters is 2. The molecule has 0 bridgehead atoms. The minimum atomic E-state index is -7.11. The number of hydrogen-bond acceptors (Lipinski definition) is 5. The summed E-state index contributed by atoms with van der Waals surface area (Å²) in [4.78, 5) is 24.5. The van der Waals surface area contributed by atoms with Crippen LogP contribution in [0.25, 0.3) is 11.1 Å². The Bertz CT molecular complexity index is 1440. The quantitative estimate of drug-likeness (QED) is 0.0701. The molecule has 0 radical (unpaired) electrons. The van der Waals surface area contributed by atoms with E-state index < -0.39 is 48.1 Å². The van der Waals surface area contributed by atoms with Crippen molar-refractivity contribution in [1.82, 2.24) is 0 Å². The highest BCUT2D eigenvalue weighted by Gasteiger charge is 2.82. The molecule has 0 atom stereocenters. The number of rotatable bonds is 15. The number of benzene rings is 3. The van der Waals surface area contributed by atoms with Crippen LogP contribution < -0.4 is 9.47 Å². The van der Waals surface area contributed by atoms with E-state index in [0.29, 0.717) is 6.61 Å². The van der Waals surface area contributed by atoms with Gasteiger partial charge in [-0.15, -0.1) is 0 Å². The van der Waals surface area contributed by atoms with Crippen LogP contribution in [0.3, 0.4) is 0 Å². The molecule has 3 aromatic rings. The zero-order valence-electron chi connectivity index (χ0n) is 24.3. The summed E-state index contributed by atoms with van der Waals surface area (Å²) >= 11 is 0. The van der Waals surface area contributed by atoms with Crippen molar-refractivity contribution in [2.24, 2.45) is 0 Å². The fourth-order valence-corrected chi connectivity index (χ4v) is 4.00. The lowest BCUT2D eigenvalue weighted by Crippen LogP contribution is -2.62. The second kappa shape index (κ2) is 14.9. The van der Waals surface area contributed by atoms with Gasteiger partial charge in [0.1, 0.15) is 11.5 Å². The van der Waals surface area contributed by atoms with E-state index in [0.717, 1.165) is 54.0 Å². The Hall–Kier alpha value is -4.23. The SMILES string of the molecule is CCCCCCCOc1ccc(-c2ccc(OC(=O)c3ccc(C(=O)OCC(F)(F)C(F)(F)C(F)(F)C(F)(F)F)cc3)cc2)cc1. The van der Waals surface area contributed by atoms with Crippen LogP contribution in [-0.2, 0) is 4.74 Å². The minimum Gasteiger partial charge on any atom is -0.494 e. The Morgan fingerprint density at radius 3 is 1.57 bits per heavy atom. The van der Waals surface area contributed by atoms with Crippen molar-refractivity contribution in [2.45, 2.75) is 63.0 Å². The number of ether oxygens (including phenoxy) is 3. The summed E-state index contributed by atoms with van der Waals surface area (Å²) in [5, 5.41) is 0. The van der Waals surface area contributed by atoms with Crippen molar-refractivity contribution in [2.75, 3.05) is 13.2 Å². The summed E-state index contributed by atoms with van der Waals surface area (Å²) < 4.78 is 131. The lowest BCUT2D eigenvalue weighted by molar-refractivity contribution is -0.398. The van der Waals surface area contributed by atoms with E-state index in [4.69, 9.17) is 9.47 Å². The summed E-state index contributed by atoms with van der Waals surface area (Å²) in [6.45, 7) is 0.0109. The van der Waals surface area contributed by atoms with E-state index in [1.807, 2.05) is 24.3 Å². The van der Waals surface area contributed by atoms with Gasteiger partial charge in [-0.05, 0) is 66.1 Å². The molecule has 250 valence electrons. The van der Waals surface area contributed by atoms with Crippen molar-refractivity contribution < 1.29 is 63.3 Å². The minimum absolute atomic E-state index is 0.136. The second-order valence-corrected chi connectivity index (χ2v) is 10.2. The molecular formula is C32H29F9O5.